The van der Waals surface area contributed by atoms with Crippen LogP contribution >= 0.6 is 12.2 Å². The van der Waals surface area contributed by atoms with Crippen molar-refractivity contribution in [3.63, 3.8) is 0 Å². The molecule has 10 heteroatoms. The van der Waals surface area contributed by atoms with Gasteiger partial charge in [-0.3, -0.25) is 10.1 Å². The van der Waals surface area contributed by atoms with Crippen molar-refractivity contribution in [2.24, 2.45) is 0 Å². The molecule has 35 heavy (non-hydrogen) atoms. The molecule has 0 bridgehead atoms. The minimum atomic E-state index is -3.20. The third-order valence-corrected chi connectivity index (χ3v) is 7.03. The van der Waals surface area contributed by atoms with Crippen LogP contribution in [0.5, 0.6) is 0 Å². The Labute approximate surface area is 210 Å². The summed E-state index contributed by atoms with van der Waals surface area (Å²) >= 11 is 5.33. The minimum Gasteiger partial charge on any atom is -0.457 e. The van der Waals surface area contributed by atoms with Crippen molar-refractivity contribution in [1.29, 1.82) is 0 Å². The highest BCUT2D eigenvalue weighted by molar-refractivity contribution is 7.88. The van der Waals surface area contributed by atoms with Gasteiger partial charge < -0.3 is 14.6 Å². The number of furan rings is 1. The Kier molecular flexibility index (Phi) is 7.64. The van der Waals surface area contributed by atoms with Gasteiger partial charge in [0.25, 0.3) is 0 Å². The molecule has 0 atom stereocenters. The molecular weight excluding hydrogens is 484 g/mol. The highest BCUT2D eigenvalue weighted by Gasteiger charge is 2.24. The summed E-state index contributed by atoms with van der Waals surface area (Å²) in [5.74, 6) is 0.882. The van der Waals surface area contributed by atoms with Crippen LogP contribution in [-0.2, 0) is 14.8 Å². The van der Waals surface area contributed by atoms with E-state index in [-0.39, 0.29) is 11.0 Å². The SMILES string of the molecule is CS(=O)(=O)N1CCN(c2ccccc2NC(=S)NC(=O)/C=C/c2ccc(-c3ccccc3)o2)CC1. The largest absolute Gasteiger partial charge is 0.457 e. The molecule has 1 aliphatic rings. The van der Waals surface area contributed by atoms with Gasteiger partial charge in [0.05, 0.1) is 17.6 Å². The van der Waals surface area contributed by atoms with E-state index in [4.69, 9.17) is 16.6 Å². The third kappa shape index (κ3) is 6.56. The molecule has 3 aromatic rings. The molecule has 0 radical (unpaired) electrons. The molecule has 2 aromatic carbocycles. The van der Waals surface area contributed by atoms with Gasteiger partial charge >= 0.3 is 0 Å². The van der Waals surface area contributed by atoms with Gasteiger partial charge in [-0.25, -0.2) is 8.42 Å². The van der Waals surface area contributed by atoms with Crippen LogP contribution < -0.4 is 15.5 Å². The summed E-state index contributed by atoms with van der Waals surface area (Å²) in [6, 6.07) is 20.9. The molecule has 4 rings (SSSR count). The van der Waals surface area contributed by atoms with Crippen LogP contribution in [0.25, 0.3) is 17.4 Å². The van der Waals surface area contributed by atoms with Crippen molar-refractivity contribution < 1.29 is 17.6 Å². The Morgan fingerprint density at radius 2 is 1.66 bits per heavy atom. The predicted octanol–water partition coefficient (Wildman–Crippen LogP) is 3.55. The van der Waals surface area contributed by atoms with E-state index in [2.05, 4.69) is 15.5 Å². The second kappa shape index (κ2) is 10.9. The lowest BCUT2D eigenvalue weighted by atomic mass is 10.2. The second-order valence-corrected chi connectivity index (χ2v) is 10.4. The molecule has 0 saturated carbocycles. The van der Waals surface area contributed by atoms with Crippen LogP contribution in [0.3, 0.4) is 0 Å². The number of rotatable bonds is 6. The highest BCUT2D eigenvalue weighted by Crippen LogP contribution is 2.27. The smallest absolute Gasteiger partial charge is 0.250 e. The summed E-state index contributed by atoms with van der Waals surface area (Å²) in [5.41, 5.74) is 2.57. The van der Waals surface area contributed by atoms with Gasteiger partial charge in [0, 0.05) is 37.8 Å². The van der Waals surface area contributed by atoms with Gasteiger partial charge in [-0.2, -0.15) is 4.31 Å². The number of sulfonamides is 1. The van der Waals surface area contributed by atoms with E-state index >= 15 is 0 Å². The first-order chi connectivity index (χ1) is 16.8. The quantitative estimate of drug-likeness (QED) is 0.387. The van der Waals surface area contributed by atoms with Crippen LogP contribution in [0.2, 0.25) is 0 Å². The first-order valence-corrected chi connectivity index (χ1v) is 13.3. The number of amides is 1. The van der Waals surface area contributed by atoms with Gasteiger partial charge in [0.2, 0.25) is 15.9 Å². The van der Waals surface area contributed by atoms with E-state index in [9.17, 15) is 13.2 Å². The molecule has 0 unspecified atom stereocenters. The van der Waals surface area contributed by atoms with Crippen LogP contribution in [0, 0.1) is 0 Å². The summed E-state index contributed by atoms with van der Waals surface area (Å²) < 4.78 is 30.8. The number of carbonyl (C=O) groups excluding carboxylic acids is 1. The summed E-state index contributed by atoms with van der Waals surface area (Å²) in [7, 11) is -3.20. The van der Waals surface area contributed by atoms with Gasteiger partial charge in [-0.15, -0.1) is 0 Å². The van der Waals surface area contributed by atoms with Gasteiger partial charge in [-0.1, -0.05) is 42.5 Å². The molecule has 0 aliphatic carbocycles. The summed E-state index contributed by atoms with van der Waals surface area (Å²) in [4.78, 5) is 14.5. The van der Waals surface area contributed by atoms with Crippen molar-refractivity contribution >= 4 is 50.7 Å². The van der Waals surface area contributed by atoms with Crippen molar-refractivity contribution in [1.82, 2.24) is 9.62 Å². The van der Waals surface area contributed by atoms with E-state index in [1.54, 1.807) is 12.1 Å². The number of carbonyl (C=O) groups is 1. The number of hydrogen-bond acceptors (Lipinski definition) is 6. The number of hydrogen-bond donors (Lipinski definition) is 2. The van der Waals surface area contributed by atoms with Crippen molar-refractivity contribution in [3.8, 4) is 11.3 Å². The number of nitrogens with zero attached hydrogens (tertiary/aromatic N) is 2. The van der Waals surface area contributed by atoms with Crippen molar-refractivity contribution in [2.45, 2.75) is 0 Å². The average molecular weight is 511 g/mol. The fourth-order valence-electron chi connectivity index (χ4n) is 3.78. The predicted molar refractivity (Wildman–Crippen MR) is 143 cm³/mol. The lowest BCUT2D eigenvalue weighted by molar-refractivity contribution is -0.115. The van der Waals surface area contributed by atoms with Gasteiger partial charge in [0.15, 0.2) is 5.11 Å². The van der Waals surface area contributed by atoms with E-state index in [1.807, 2.05) is 60.7 Å². The molecule has 2 heterocycles. The molecular formula is C25H26N4O4S2. The van der Waals surface area contributed by atoms with E-state index < -0.39 is 10.0 Å². The van der Waals surface area contributed by atoms with Gasteiger partial charge in [0.1, 0.15) is 11.5 Å². The summed E-state index contributed by atoms with van der Waals surface area (Å²) in [6.07, 6.45) is 4.17. The lowest BCUT2D eigenvalue weighted by Crippen LogP contribution is -2.48. The third-order valence-electron chi connectivity index (χ3n) is 5.52. The summed E-state index contributed by atoms with van der Waals surface area (Å²) in [5, 5.41) is 5.87. The second-order valence-electron chi connectivity index (χ2n) is 8.01. The minimum absolute atomic E-state index is 0.159. The number of anilines is 2. The zero-order valence-corrected chi connectivity index (χ0v) is 20.8. The maximum absolute atomic E-state index is 12.4. The topological polar surface area (TPSA) is 94.9 Å². The van der Waals surface area contributed by atoms with Crippen LogP contribution in [0.4, 0.5) is 11.4 Å². The maximum Gasteiger partial charge on any atom is 0.250 e. The van der Waals surface area contributed by atoms with Crippen LogP contribution in [-0.4, -0.2) is 56.2 Å². The van der Waals surface area contributed by atoms with Crippen molar-refractivity contribution in [2.75, 3.05) is 42.7 Å². The average Bonchev–Trinajstić information content (AvgIpc) is 3.32. The molecule has 182 valence electrons. The van der Waals surface area contributed by atoms with Crippen LogP contribution in [0.1, 0.15) is 5.76 Å². The number of para-hydroxylation sites is 2. The molecule has 8 nitrogen and oxygen atoms in total. The van der Waals surface area contributed by atoms with Crippen LogP contribution in [0.15, 0.2) is 77.2 Å². The van der Waals surface area contributed by atoms with E-state index in [1.165, 1.54) is 16.6 Å². The fraction of sp³-hybridized carbons (Fsp3) is 0.200. The molecule has 1 fully saturated rings. The first-order valence-electron chi connectivity index (χ1n) is 11.0. The Morgan fingerprint density at radius 1 is 0.971 bits per heavy atom. The number of thiocarbonyl (C=S) groups is 1. The van der Waals surface area contributed by atoms with Gasteiger partial charge in [-0.05, 0) is 42.6 Å². The molecule has 2 N–H and O–H groups in total. The fourth-order valence-corrected chi connectivity index (χ4v) is 4.82. The lowest BCUT2D eigenvalue weighted by Gasteiger charge is -2.35. The standard InChI is InChI=1S/C25H26N4O4S2/c1-35(31,32)29-17-15-28(16-18-29)22-10-6-5-9-21(22)26-25(34)27-24(30)14-12-20-11-13-23(33-20)19-7-3-2-4-8-19/h2-14H,15-18H2,1H3,(H2,26,27,30,34)/b14-12+. The zero-order valence-electron chi connectivity index (χ0n) is 19.2. The highest BCUT2D eigenvalue weighted by atomic mass is 32.2. The Bertz CT molecular complexity index is 1330. The van der Waals surface area contributed by atoms with Crippen molar-refractivity contribution in [3.05, 3.63) is 78.6 Å². The molecule has 1 aromatic heterocycles. The molecule has 1 amide bonds. The Hall–Kier alpha value is -3.47. The maximum atomic E-state index is 12.4. The Balaban J connectivity index is 1.34. The van der Waals surface area contributed by atoms with E-state index in [0.717, 1.165) is 22.7 Å². The molecule has 1 saturated heterocycles. The normalized spacial score (nSPS) is 14.7. The Morgan fingerprint density at radius 3 is 2.37 bits per heavy atom. The number of benzene rings is 2. The van der Waals surface area contributed by atoms with E-state index in [0.29, 0.717) is 31.9 Å². The molecule has 1 aliphatic heterocycles. The molecule has 0 spiro atoms. The number of nitrogens with one attached hydrogen (secondary N) is 2. The number of piperazine rings is 1. The monoisotopic (exact) mass is 510 g/mol. The first kappa shape index (κ1) is 24.6. The zero-order chi connectivity index (χ0) is 24.8. The summed E-state index contributed by atoms with van der Waals surface area (Å²) in [6.45, 7) is 1.94.